The normalized spacial score (nSPS) is 16.4. The van der Waals surface area contributed by atoms with Gasteiger partial charge < -0.3 is 10.5 Å². The van der Waals surface area contributed by atoms with E-state index in [1.165, 1.54) is 0 Å². The molecule has 1 fully saturated rings. The second-order valence-electron chi connectivity index (χ2n) is 4.47. The van der Waals surface area contributed by atoms with Crippen molar-refractivity contribution in [3.63, 3.8) is 0 Å². The standard InChI is InChI=1S/C12H15N5O.C2H6/c1-8(9-2-4-18-5-3-9)17-12(15)10(6-13)11(7-14)16-17;1-2/h8-9H,2-5,15H2,1H3;1-2H3. The number of hydrogen-bond acceptors (Lipinski definition) is 5. The molecule has 0 spiro atoms. The van der Waals surface area contributed by atoms with Gasteiger partial charge in [0.1, 0.15) is 23.5 Å². The second-order valence-corrected chi connectivity index (χ2v) is 4.47. The maximum atomic E-state index is 8.98. The number of aromatic nitrogens is 2. The highest BCUT2D eigenvalue weighted by molar-refractivity contribution is 5.56. The number of anilines is 1. The molecule has 108 valence electrons. The lowest BCUT2D eigenvalue weighted by atomic mass is 9.93. The van der Waals surface area contributed by atoms with Gasteiger partial charge in [-0.15, -0.1) is 0 Å². The molecule has 0 radical (unpaired) electrons. The fourth-order valence-electron chi connectivity index (χ4n) is 2.34. The van der Waals surface area contributed by atoms with E-state index in [9.17, 15) is 0 Å². The van der Waals surface area contributed by atoms with Crippen LogP contribution in [0.4, 0.5) is 5.82 Å². The third kappa shape index (κ3) is 3.09. The molecule has 1 aromatic heterocycles. The summed E-state index contributed by atoms with van der Waals surface area (Å²) in [6, 6.07) is 3.92. The molecule has 2 rings (SSSR count). The fraction of sp³-hybridized carbons (Fsp3) is 0.643. The number of hydrogen-bond donors (Lipinski definition) is 1. The zero-order valence-electron chi connectivity index (χ0n) is 12.3. The number of ether oxygens (including phenoxy) is 1. The molecule has 1 aliphatic rings. The SMILES string of the molecule is CC.CC(C1CCOCC1)n1nc(C#N)c(C#N)c1N. The van der Waals surface area contributed by atoms with E-state index < -0.39 is 0 Å². The highest BCUT2D eigenvalue weighted by atomic mass is 16.5. The van der Waals surface area contributed by atoms with Crippen LogP contribution in [0.25, 0.3) is 0 Å². The summed E-state index contributed by atoms with van der Waals surface area (Å²) in [6.45, 7) is 7.50. The van der Waals surface area contributed by atoms with E-state index in [2.05, 4.69) is 5.10 Å². The van der Waals surface area contributed by atoms with Crippen LogP contribution in [-0.2, 0) is 4.74 Å². The molecule has 0 aromatic carbocycles. The van der Waals surface area contributed by atoms with Gasteiger partial charge in [0.2, 0.25) is 0 Å². The number of nitrogens with zero attached hydrogens (tertiary/aromatic N) is 4. The minimum Gasteiger partial charge on any atom is -0.383 e. The summed E-state index contributed by atoms with van der Waals surface area (Å²) in [7, 11) is 0. The van der Waals surface area contributed by atoms with Gasteiger partial charge in [0, 0.05) is 13.2 Å². The Morgan fingerprint density at radius 2 is 1.90 bits per heavy atom. The Hall–Kier alpha value is -2.05. The molecule has 0 saturated carbocycles. The first-order valence-corrected chi connectivity index (χ1v) is 6.95. The Morgan fingerprint density at radius 1 is 1.30 bits per heavy atom. The quantitative estimate of drug-likeness (QED) is 0.891. The lowest BCUT2D eigenvalue weighted by molar-refractivity contribution is 0.0499. The number of nitrogen functional groups attached to an aromatic ring is 1. The maximum Gasteiger partial charge on any atom is 0.182 e. The molecule has 1 atom stereocenters. The number of nitrogens with two attached hydrogens (primary N) is 1. The molecule has 20 heavy (non-hydrogen) atoms. The van der Waals surface area contributed by atoms with Gasteiger partial charge in [-0.25, -0.2) is 4.68 Å². The predicted octanol–water partition coefficient (Wildman–Crippen LogP) is 2.22. The summed E-state index contributed by atoms with van der Waals surface area (Å²) >= 11 is 0. The van der Waals surface area contributed by atoms with Gasteiger partial charge in [0.15, 0.2) is 5.69 Å². The first kappa shape index (κ1) is 16.0. The number of nitriles is 2. The van der Waals surface area contributed by atoms with Crippen LogP contribution in [0.15, 0.2) is 0 Å². The van der Waals surface area contributed by atoms with Gasteiger partial charge in [0.25, 0.3) is 0 Å². The van der Waals surface area contributed by atoms with Crippen molar-refractivity contribution in [2.75, 3.05) is 18.9 Å². The van der Waals surface area contributed by atoms with Crippen molar-refractivity contribution in [1.82, 2.24) is 9.78 Å². The number of rotatable bonds is 2. The van der Waals surface area contributed by atoms with Crippen molar-refractivity contribution >= 4 is 5.82 Å². The molecule has 2 heterocycles. The molecule has 0 aliphatic carbocycles. The molecule has 0 bridgehead atoms. The lowest BCUT2D eigenvalue weighted by Crippen LogP contribution is -2.25. The third-order valence-corrected chi connectivity index (χ3v) is 3.50. The van der Waals surface area contributed by atoms with E-state index in [0.717, 1.165) is 26.1 Å². The predicted molar refractivity (Wildman–Crippen MR) is 75.7 cm³/mol. The van der Waals surface area contributed by atoms with Crippen molar-refractivity contribution in [3.05, 3.63) is 11.3 Å². The molecule has 0 amide bonds. The monoisotopic (exact) mass is 275 g/mol. The van der Waals surface area contributed by atoms with Crippen LogP contribution < -0.4 is 5.73 Å². The van der Waals surface area contributed by atoms with Crippen molar-refractivity contribution in [2.45, 2.75) is 39.7 Å². The summed E-state index contributed by atoms with van der Waals surface area (Å²) in [5, 5.41) is 22.0. The topological polar surface area (TPSA) is 101 Å². The zero-order valence-corrected chi connectivity index (χ0v) is 12.3. The smallest absolute Gasteiger partial charge is 0.182 e. The lowest BCUT2D eigenvalue weighted by Gasteiger charge is -2.28. The van der Waals surface area contributed by atoms with Crippen molar-refractivity contribution < 1.29 is 4.74 Å². The van der Waals surface area contributed by atoms with Crippen LogP contribution in [0.3, 0.4) is 0 Å². The van der Waals surface area contributed by atoms with E-state index in [0.29, 0.717) is 5.92 Å². The van der Waals surface area contributed by atoms with Gasteiger partial charge >= 0.3 is 0 Å². The summed E-state index contributed by atoms with van der Waals surface area (Å²) in [6.07, 6.45) is 1.90. The molecule has 6 nitrogen and oxygen atoms in total. The largest absolute Gasteiger partial charge is 0.383 e. The molecule has 1 saturated heterocycles. The Balaban J connectivity index is 0.000000956. The Morgan fingerprint density at radius 3 is 2.35 bits per heavy atom. The van der Waals surface area contributed by atoms with Crippen LogP contribution in [0.1, 0.15) is 50.9 Å². The van der Waals surface area contributed by atoms with Crippen LogP contribution in [0.5, 0.6) is 0 Å². The second kappa shape index (κ2) is 7.52. The van der Waals surface area contributed by atoms with E-state index in [1.807, 2.05) is 32.9 Å². The van der Waals surface area contributed by atoms with Gasteiger partial charge in [-0.05, 0) is 25.7 Å². The minimum atomic E-state index is 0.0723. The van der Waals surface area contributed by atoms with Gasteiger partial charge in [0.05, 0.1) is 6.04 Å². The molecular formula is C14H21N5O. The molecule has 1 aliphatic heterocycles. The highest BCUT2D eigenvalue weighted by Crippen LogP contribution is 2.30. The van der Waals surface area contributed by atoms with Crippen LogP contribution in [0, 0.1) is 28.6 Å². The molecule has 1 unspecified atom stereocenters. The maximum absolute atomic E-state index is 8.98. The van der Waals surface area contributed by atoms with E-state index in [-0.39, 0.29) is 23.1 Å². The van der Waals surface area contributed by atoms with Crippen LogP contribution in [0.2, 0.25) is 0 Å². The Labute approximate surface area is 119 Å². The average molecular weight is 275 g/mol. The fourth-order valence-corrected chi connectivity index (χ4v) is 2.34. The summed E-state index contributed by atoms with van der Waals surface area (Å²) in [5.74, 6) is 0.701. The molecule has 2 N–H and O–H groups in total. The summed E-state index contributed by atoms with van der Waals surface area (Å²) in [4.78, 5) is 0. The third-order valence-electron chi connectivity index (χ3n) is 3.50. The van der Waals surface area contributed by atoms with Crippen molar-refractivity contribution in [1.29, 1.82) is 10.5 Å². The first-order chi connectivity index (χ1) is 9.69. The van der Waals surface area contributed by atoms with E-state index in [1.54, 1.807) is 4.68 Å². The average Bonchev–Trinajstić information content (AvgIpc) is 2.85. The zero-order chi connectivity index (χ0) is 15.1. The minimum absolute atomic E-state index is 0.0723. The van der Waals surface area contributed by atoms with Gasteiger partial charge in [-0.2, -0.15) is 15.6 Å². The molecule has 6 heteroatoms. The first-order valence-electron chi connectivity index (χ1n) is 6.95. The van der Waals surface area contributed by atoms with E-state index >= 15 is 0 Å². The summed E-state index contributed by atoms with van der Waals surface area (Å²) < 4.78 is 6.93. The Bertz CT molecular complexity index is 517. The molecular weight excluding hydrogens is 254 g/mol. The Kier molecular flexibility index (Phi) is 6.02. The van der Waals surface area contributed by atoms with E-state index in [4.69, 9.17) is 21.0 Å². The van der Waals surface area contributed by atoms with Gasteiger partial charge in [-0.3, -0.25) is 0 Å². The highest BCUT2D eigenvalue weighted by Gasteiger charge is 2.26. The summed E-state index contributed by atoms with van der Waals surface area (Å²) in [5.41, 5.74) is 6.18. The van der Waals surface area contributed by atoms with Crippen molar-refractivity contribution in [3.8, 4) is 12.1 Å². The van der Waals surface area contributed by atoms with Crippen molar-refractivity contribution in [2.24, 2.45) is 5.92 Å². The molecule has 1 aromatic rings. The van der Waals surface area contributed by atoms with Crippen LogP contribution >= 0.6 is 0 Å². The van der Waals surface area contributed by atoms with Crippen LogP contribution in [-0.4, -0.2) is 23.0 Å². The van der Waals surface area contributed by atoms with Gasteiger partial charge in [-0.1, -0.05) is 13.8 Å².